The van der Waals surface area contributed by atoms with Gasteiger partial charge in [0.2, 0.25) is 0 Å². The Labute approximate surface area is 327 Å². The largest absolute Gasteiger partial charge is 0.311 e. The minimum absolute atomic E-state index is 1.09. The van der Waals surface area contributed by atoms with Gasteiger partial charge < -0.3 is 9.47 Å². The zero-order valence-electron chi connectivity index (χ0n) is 30.8. The number of rotatable bonds is 8. The molecule has 0 N–H and O–H groups in total. The van der Waals surface area contributed by atoms with Crippen LogP contribution in [0, 0.1) is 0 Å². The second-order valence-electron chi connectivity index (χ2n) is 14.2. The maximum absolute atomic E-state index is 2.38. The number of benzene rings is 9. The van der Waals surface area contributed by atoms with Crippen LogP contribution >= 0.6 is 0 Å². The van der Waals surface area contributed by atoms with Crippen LogP contribution in [-0.4, -0.2) is 4.57 Å². The number of fused-ring (bicyclic) bond motifs is 3. The lowest BCUT2D eigenvalue weighted by molar-refractivity contribution is 1.18. The highest BCUT2D eigenvalue weighted by atomic mass is 15.1. The summed E-state index contributed by atoms with van der Waals surface area (Å²) in [7, 11) is 0. The third-order valence-electron chi connectivity index (χ3n) is 10.8. The Bertz CT molecular complexity index is 2870. The van der Waals surface area contributed by atoms with E-state index in [9.17, 15) is 0 Å². The van der Waals surface area contributed by atoms with Crippen LogP contribution in [0.3, 0.4) is 0 Å². The number of anilines is 3. The van der Waals surface area contributed by atoms with Gasteiger partial charge in [-0.15, -0.1) is 0 Å². The number of hydrogen-bond acceptors (Lipinski definition) is 1. The molecule has 0 bridgehead atoms. The van der Waals surface area contributed by atoms with Crippen LogP contribution in [0.15, 0.2) is 231 Å². The molecule has 0 unspecified atom stereocenters. The summed E-state index contributed by atoms with van der Waals surface area (Å²) in [6.07, 6.45) is 0. The number of para-hydroxylation sites is 2. The van der Waals surface area contributed by atoms with Gasteiger partial charge in [-0.05, 0) is 105 Å². The minimum atomic E-state index is 1.09. The lowest BCUT2D eigenvalue weighted by atomic mass is 9.94. The van der Waals surface area contributed by atoms with Crippen molar-refractivity contribution in [2.45, 2.75) is 0 Å². The molecule has 0 aliphatic rings. The molecule has 2 heteroatoms. The molecule has 0 amide bonds. The third-order valence-corrected chi connectivity index (χ3v) is 10.8. The number of aromatic nitrogens is 1. The van der Waals surface area contributed by atoms with E-state index in [0.29, 0.717) is 0 Å². The van der Waals surface area contributed by atoms with Crippen molar-refractivity contribution < 1.29 is 0 Å². The van der Waals surface area contributed by atoms with Crippen molar-refractivity contribution in [3.05, 3.63) is 231 Å². The Hall–Kier alpha value is -7.42. The van der Waals surface area contributed by atoms with Crippen LogP contribution in [-0.2, 0) is 0 Å². The standard InChI is InChI=1S/C54H38N2/c1-3-14-39(15-4-1)40-26-32-45(33-27-40)55(47-36-30-43(31-37-47)50-21-8-7-20-49(50)42-16-5-2-6-17-42)46-34-28-41(29-35-46)44-18-13-19-48(38-44)56-53-24-11-9-22-51(53)52-23-10-12-25-54(52)56/h1-38H. The Morgan fingerprint density at radius 1 is 0.268 bits per heavy atom. The average molecular weight is 715 g/mol. The van der Waals surface area contributed by atoms with Crippen molar-refractivity contribution in [3.8, 4) is 50.2 Å². The van der Waals surface area contributed by atoms with E-state index in [4.69, 9.17) is 0 Å². The highest BCUT2D eigenvalue weighted by Crippen LogP contribution is 2.40. The summed E-state index contributed by atoms with van der Waals surface area (Å²) >= 11 is 0. The first-order valence-electron chi connectivity index (χ1n) is 19.2. The van der Waals surface area contributed by atoms with Gasteiger partial charge in [0.15, 0.2) is 0 Å². The van der Waals surface area contributed by atoms with Gasteiger partial charge in [0.1, 0.15) is 0 Å². The van der Waals surface area contributed by atoms with Crippen LogP contribution in [0.1, 0.15) is 0 Å². The fraction of sp³-hybridized carbons (Fsp3) is 0. The molecule has 9 aromatic carbocycles. The van der Waals surface area contributed by atoms with Gasteiger partial charge in [0.25, 0.3) is 0 Å². The number of nitrogens with zero attached hydrogens (tertiary/aromatic N) is 2. The lowest BCUT2D eigenvalue weighted by Crippen LogP contribution is -2.09. The first-order valence-corrected chi connectivity index (χ1v) is 19.2. The summed E-state index contributed by atoms with van der Waals surface area (Å²) in [4.78, 5) is 2.35. The van der Waals surface area contributed by atoms with Crippen molar-refractivity contribution in [1.82, 2.24) is 4.57 Å². The van der Waals surface area contributed by atoms with Gasteiger partial charge in [-0.25, -0.2) is 0 Å². The summed E-state index contributed by atoms with van der Waals surface area (Å²) in [6.45, 7) is 0. The molecule has 264 valence electrons. The van der Waals surface area contributed by atoms with Crippen LogP contribution in [0.25, 0.3) is 72.0 Å². The molecule has 10 rings (SSSR count). The molecular weight excluding hydrogens is 677 g/mol. The van der Waals surface area contributed by atoms with Crippen molar-refractivity contribution in [3.63, 3.8) is 0 Å². The van der Waals surface area contributed by atoms with Gasteiger partial charge in [-0.2, -0.15) is 0 Å². The van der Waals surface area contributed by atoms with E-state index in [1.165, 1.54) is 66.3 Å². The van der Waals surface area contributed by atoms with E-state index in [1.54, 1.807) is 0 Å². The zero-order chi connectivity index (χ0) is 37.3. The summed E-state index contributed by atoms with van der Waals surface area (Å²) in [5, 5.41) is 2.53. The molecule has 1 aromatic heterocycles. The SMILES string of the molecule is c1ccc(-c2ccc(N(c3ccc(-c4cccc(-n5c6ccccc6c6ccccc65)c4)cc3)c3ccc(-c4ccccc4-c4ccccc4)cc3)cc2)cc1. The van der Waals surface area contributed by atoms with E-state index in [2.05, 4.69) is 240 Å². The predicted molar refractivity (Wildman–Crippen MR) is 237 cm³/mol. The van der Waals surface area contributed by atoms with Gasteiger partial charge in [0.05, 0.1) is 11.0 Å². The van der Waals surface area contributed by atoms with Crippen LogP contribution in [0.2, 0.25) is 0 Å². The summed E-state index contributed by atoms with van der Waals surface area (Å²) in [5.74, 6) is 0. The summed E-state index contributed by atoms with van der Waals surface area (Å²) in [5.41, 5.74) is 16.5. The molecule has 0 aliphatic carbocycles. The molecule has 10 aromatic rings. The van der Waals surface area contributed by atoms with E-state index >= 15 is 0 Å². The number of hydrogen-bond donors (Lipinski definition) is 0. The normalized spacial score (nSPS) is 11.2. The monoisotopic (exact) mass is 714 g/mol. The van der Waals surface area contributed by atoms with Crippen molar-refractivity contribution in [2.75, 3.05) is 4.90 Å². The van der Waals surface area contributed by atoms with E-state index in [-0.39, 0.29) is 0 Å². The van der Waals surface area contributed by atoms with Gasteiger partial charge in [-0.1, -0.05) is 170 Å². The lowest BCUT2D eigenvalue weighted by Gasteiger charge is -2.26. The summed E-state index contributed by atoms with van der Waals surface area (Å²) < 4.78 is 2.38. The van der Waals surface area contributed by atoms with Crippen molar-refractivity contribution in [1.29, 1.82) is 0 Å². The second kappa shape index (κ2) is 14.4. The molecule has 0 radical (unpaired) electrons. The Kier molecular flexibility index (Phi) is 8.55. The van der Waals surface area contributed by atoms with Crippen LogP contribution < -0.4 is 4.90 Å². The average Bonchev–Trinajstić information content (AvgIpc) is 3.62. The molecular formula is C54H38N2. The fourth-order valence-electron chi connectivity index (χ4n) is 8.10. The molecule has 0 fully saturated rings. The second-order valence-corrected chi connectivity index (χ2v) is 14.2. The Morgan fingerprint density at radius 2 is 0.643 bits per heavy atom. The predicted octanol–water partition coefficient (Wildman–Crippen LogP) is 14.9. The topological polar surface area (TPSA) is 8.17 Å². The molecule has 0 saturated carbocycles. The molecule has 56 heavy (non-hydrogen) atoms. The van der Waals surface area contributed by atoms with Gasteiger partial charge in [0, 0.05) is 33.5 Å². The fourth-order valence-corrected chi connectivity index (χ4v) is 8.10. The highest BCUT2D eigenvalue weighted by Gasteiger charge is 2.16. The first kappa shape index (κ1) is 33.2. The van der Waals surface area contributed by atoms with Gasteiger partial charge in [-0.3, -0.25) is 0 Å². The van der Waals surface area contributed by atoms with E-state index in [1.807, 2.05) is 0 Å². The molecule has 0 atom stereocenters. The Morgan fingerprint density at radius 3 is 1.18 bits per heavy atom. The molecule has 2 nitrogen and oxygen atoms in total. The summed E-state index contributed by atoms with van der Waals surface area (Å²) in [6, 6.07) is 82.9. The van der Waals surface area contributed by atoms with E-state index in [0.717, 1.165) is 22.7 Å². The molecule has 0 aliphatic heterocycles. The van der Waals surface area contributed by atoms with Crippen LogP contribution in [0.5, 0.6) is 0 Å². The molecule has 0 spiro atoms. The third kappa shape index (κ3) is 6.14. The first-order chi connectivity index (χ1) is 27.8. The van der Waals surface area contributed by atoms with Crippen molar-refractivity contribution >= 4 is 38.9 Å². The quantitative estimate of drug-likeness (QED) is 0.152. The highest BCUT2D eigenvalue weighted by molar-refractivity contribution is 6.09. The molecule has 0 saturated heterocycles. The maximum Gasteiger partial charge on any atom is 0.0541 e. The minimum Gasteiger partial charge on any atom is -0.311 e. The van der Waals surface area contributed by atoms with E-state index < -0.39 is 0 Å². The van der Waals surface area contributed by atoms with Crippen molar-refractivity contribution in [2.24, 2.45) is 0 Å². The Balaban J connectivity index is 1.02. The molecule has 1 heterocycles. The van der Waals surface area contributed by atoms with Crippen LogP contribution in [0.4, 0.5) is 17.1 Å². The smallest absolute Gasteiger partial charge is 0.0541 e. The maximum atomic E-state index is 2.38. The zero-order valence-corrected chi connectivity index (χ0v) is 30.8. The van der Waals surface area contributed by atoms with Gasteiger partial charge >= 0.3 is 0 Å².